The molecule has 0 spiro atoms. The minimum Gasteiger partial charge on any atom is -0.449 e. The summed E-state index contributed by atoms with van der Waals surface area (Å²) >= 11 is 0. The minimum absolute atomic E-state index is 0.0773. The molecule has 11 heteroatoms. The van der Waals surface area contributed by atoms with Crippen LogP contribution in [0.4, 0.5) is 26.3 Å². The van der Waals surface area contributed by atoms with E-state index in [9.17, 15) is 31.1 Å². The van der Waals surface area contributed by atoms with Crippen LogP contribution in [0.3, 0.4) is 0 Å². The van der Waals surface area contributed by atoms with E-state index in [0.717, 1.165) is 5.56 Å². The maximum absolute atomic E-state index is 13.0. The van der Waals surface area contributed by atoms with Crippen LogP contribution in [0.2, 0.25) is 0 Å². The zero-order valence-corrected chi connectivity index (χ0v) is 16.0. The van der Waals surface area contributed by atoms with E-state index in [-0.39, 0.29) is 30.0 Å². The van der Waals surface area contributed by atoms with Gasteiger partial charge in [0.15, 0.2) is 6.10 Å². The molecule has 1 heterocycles. The van der Waals surface area contributed by atoms with E-state index in [1.54, 1.807) is 24.3 Å². The molecule has 31 heavy (non-hydrogen) atoms. The van der Waals surface area contributed by atoms with Gasteiger partial charge >= 0.3 is 18.3 Å². The summed E-state index contributed by atoms with van der Waals surface area (Å²) in [5.74, 6) is -1.47. The van der Waals surface area contributed by atoms with Crippen LogP contribution in [0, 0.1) is 6.92 Å². The van der Waals surface area contributed by atoms with Gasteiger partial charge in [0, 0.05) is 5.56 Å². The highest BCUT2D eigenvalue weighted by Crippen LogP contribution is 2.36. The Balaban J connectivity index is 1.83. The van der Waals surface area contributed by atoms with Crippen LogP contribution >= 0.6 is 0 Å². The number of carbonyl (C=O) groups excluding carboxylic acids is 1. The number of aryl methyl sites for hydroxylation is 1. The lowest BCUT2D eigenvalue weighted by atomic mass is 10.0. The fourth-order valence-corrected chi connectivity index (χ4v) is 2.56. The number of ether oxygens (including phenoxy) is 1. The number of halogens is 6. The predicted molar refractivity (Wildman–Crippen MR) is 94.7 cm³/mol. The van der Waals surface area contributed by atoms with Gasteiger partial charge < -0.3 is 9.15 Å². The first-order chi connectivity index (χ1) is 14.3. The van der Waals surface area contributed by atoms with Crippen LogP contribution < -0.4 is 0 Å². The van der Waals surface area contributed by atoms with Gasteiger partial charge in [-0.3, -0.25) is 0 Å². The van der Waals surface area contributed by atoms with Crippen LogP contribution in [-0.4, -0.2) is 16.2 Å². The number of hydrogen-bond donors (Lipinski definition) is 0. The van der Waals surface area contributed by atoms with Crippen molar-refractivity contribution in [1.82, 2.24) is 10.2 Å². The van der Waals surface area contributed by atoms with Crippen LogP contribution in [0.5, 0.6) is 0 Å². The summed E-state index contributed by atoms with van der Waals surface area (Å²) in [6.07, 6.45) is -11.4. The van der Waals surface area contributed by atoms with Crippen molar-refractivity contribution in [3.63, 3.8) is 0 Å². The molecule has 0 radical (unpaired) electrons. The van der Waals surface area contributed by atoms with E-state index in [1.807, 2.05) is 6.92 Å². The Hall–Kier alpha value is -3.37. The molecule has 0 aliphatic rings. The molecular formula is C20H14F6N2O3. The lowest BCUT2D eigenvalue weighted by molar-refractivity contribution is -0.143. The van der Waals surface area contributed by atoms with E-state index in [4.69, 9.17) is 9.15 Å². The number of carbonyl (C=O) groups is 1. The van der Waals surface area contributed by atoms with Crippen molar-refractivity contribution in [2.45, 2.75) is 32.3 Å². The summed E-state index contributed by atoms with van der Waals surface area (Å²) in [6.45, 7) is 3.17. The summed E-state index contributed by atoms with van der Waals surface area (Å²) in [7, 11) is 0. The van der Waals surface area contributed by atoms with Gasteiger partial charge in [-0.25, -0.2) is 4.79 Å². The fourth-order valence-electron chi connectivity index (χ4n) is 2.56. The average Bonchev–Trinajstić information content (AvgIpc) is 3.17. The maximum atomic E-state index is 13.0. The van der Waals surface area contributed by atoms with Gasteiger partial charge in [0.1, 0.15) is 0 Å². The summed E-state index contributed by atoms with van der Waals surface area (Å²) in [5.41, 5.74) is -2.59. The Morgan fingerprint density at radius 3 is 2.00 bits per heavy atom. The molecule has 164 valence electrons. The number of esters is 1. The Morgan fingerprint density at radius 2 is 1.48 bits per heavy atom. The molecule has 0 bridgehead atoms. The Labute approximate surface area is 171 Å². The van der Waals surface area contributed by atoms with Gasteiger partial charge in [0.25, 0.3) is 5.89 Å². The molecule has 5 nitrogen and oxygen atoms in total. The third kappa shape index (κ3) is 5.22. The van der Waals surface area contributed by atoms with E-state index in [0.29, 0.717) is 5.56 Å². The van der Waals surface area contributed by atoms with Crippen molar-refractivity contribution in [1.29, 1.82) is 0 Å². The second kappa shape index (κ2) is 8.05. The third-order valence-corrected chi connectivity index (χ3v) is 4.19. The number of hydrogen-bond acceptors (Lipinski definition) is 5. The predicted octanol–water partition coefficient (Wildman–Crippen LogP) is 6.00. The first kappa shape index (κ1) is 22.3. The largest absolute Gasteiger partial charge is 0.449 e. The summed E-state index contributed by atoms with van der Waals surface area (Å²) in [5, 5.41) is 7.53. The molecule has 0 amide bonds. The second-order valence-electron chi connectivity index (χ2n) is 6.65. The second-order valence-corrected chi connectivity index (χ2v) is 6.65. The van der Waals surface area contributed by atoms with Crippen molar-refractivity contribution in [3.8, 4) is 11.5 Å². The van der Waals surface area contributed by atoms with Crippen molar-refractivity contribution in [2.75, 3.05) is 0 Å². The van der Waals surface area contributed by atoms with E-state index < -0.39 is 41.1 Å². The van der Waals surface area contributed by atoms with E-state index >= 15 is 0 Å². The highest BCUT2D eigenvalue weighted by atomic mass is 19.4. The highest BCUT2D eigenvalue weighted by Gasteiger charge is 2.38. The Kier molecular flexibility index (Phi) is 5.79. The Bertz CT molecular complexity index is 1060. The molecule has 0 aliphatic carbocycles. The molecule has 0 aliphatic heterocycles. The third-order valence-electron chi connectivity index (χ3n) is 4.19. The Morgan fingerprint density at radius 1 is 0.935 bits per heavy atom. The molecular weight excluding hydrogens is 430 g/mol. The molecule has 3 aromatic rings. The van der Waals surface area contributed by atoms with Crippen molar-refractivity contribution < 1.29 is 40.3 Å². The lowest BCUT2D eigenvalue weighted by Crippen LogP contribution is -2.15. The van der Waals surface area contributed by atoms with Gasteiger partial charge in [-0.15, -0.1) is 10.2 Å². The van der Waals surface area contributed by atoms with E-state index in [1.165, 1.54) is 6.92 Å². The maximum Gasteiger partial charge on any atom is 0.416 e. The zero-order chi connectivity index (χ0) is 23.0. The first-order valence-electron chi connectivity index (χ1n) is 8.75. The number of aromatic nitrogens is 2. The van der Waals surface area contributed by atoms with Gasteiger partial charge in [0.2, 0.25) is 5.89 Å². The van der Waals surface area contributed by atoms with Crippen molar-refractivity contribution in [2.24, 2.45) is 0 Å². The van der Waals surface area contributed by atoms with Crippen molar-refractivity contribution in [3.05, 3.63) is 70.6 Å². The SMILES string of the molecule is Cc1ccc(-c2nnc(C(C)OC(=O)c3cc(C(F)(F)F)cc(C(F)(F)F)c3)o2)cc1. The smallest absolute Gasteiger partial charge is 0.416 e. The molecule has 0 fully saturated rings. The molecule has 1 unspecified atom stereocenters. The molecule has 3 rings (SSSR count). The quantitative estimate of drug-likeness (QED) is 0.365. The molecule has 0 N–H and O–H groups in total. The molecule has 1 atom stereocenters. The number of benzene rings is 2. The molecule has 1 aromatic heterocycles. The van der Waals surface area contributed by atoms with Crippen LogP contribution in [0.15, 0.2) is 46.9 Å². The number of alkyl halides is 6. The normalized spacial score (nSPS) is 13.2. The van der Waals surface area contributed by atoms with Crippen LogP contribution in [-0.2, 0) is 17.1 Å². The monoisotopic (exact) mass is 444 g/mol. The lowest BCUT2D eigenvalue weighted by Gasteiger charge is -2.15. The van der Waals surface area contributed by atoms with Gasteiger partial charge in [0.05, 0.1) is 16.7 Å². The first-order valence-corrected chi connectivity index (χ1v) is 8.75. The summed E-state index contributed by atoms with van der Waals surface area (Å²) in [6, 6.07) is 7.52. The average molecular weight is 444 g/mol. The highest BCUT2D eigenvalue weighted by molar-refractivity contribution is 5.90. The van der Waals surface area contributed by atoms with Crippen molar-refractivity contribution >= 4 is 5.97 Å². The molecule has 2 aromatic carbocycles. The minimum atomic E-state index is -5.09. The van der Waals surface area contributed by atoms with E-state index in [2.05, 4.69) is 10.2 Å². The van der Waals surface area contributed by atoms with Gasteiger partial charge in [-0.2, -0.15) is 26.3 Å². The fraction of sp³-hybridized carbons (Fsp3) is 0.250. The van der Waals surface area contributed by atoms with Gasteiger partial charge in [-0.1, -0.05) is 17.7 Å². The summed E-state index contributed by atoms with van der Waals surface area (Å²) < 4.78 is 88.1. The summed E-state index contributed by atoms with van der Waals surface area (Å²) in [4.78, 5) is 12.3. The van der Waals surface area contributed by atoms with Gasteiger partial charge in [-0.05, 0) is 44.2 Å². The molecule has 0 saturated carbocycles. The van der Waals surface area contributed by atoms with Crippen LogP contribution in [0.25, 0.3) is 11.5 Å². The molecule has 0 saturated heterocycles. The standard InChI is InChI=1S/C20H14F6N2O3/c1-10-3-5-12(6-4-10)17-28-27-16(31-17)11(2)30-18(29)13-7-14(19(21,22)23)9-15(8-13)20(24,25)26/h3-9,11H,1-2H3. The topological polar surface area (TPSA) is 65.2 Å². The zero-order valence-electron chi connectivity index (χ0n) is 16.0. The number of rotatable bonds is 4. The number of nitrogens with zero attached hydrogens (tertiary/aromatic N) is 2. The van der Waals surface area contributed by atoms with Crippen LogP contribution in [0.1, 0.15) is 46.0 Å².